The first-order chi connectivity index (χ1) is 12.4. The highest BCUT2D eigenvalue weighted by atomic mass is 32.2. The number of benzene rings is 1. The predicted octanol–water partition coefficient (Wildman–Crippen LogP) is 2.11. The monoisotopic (exact) mass is 393 g/mol. The van der Waals surface area contributed by atoms with Crippen molar-refractivity contribution in [1.29, 1.82) is 0 Å². The lowest BCUT2D eigenvalue weighted by molar-refractivity contribution is -0.122. The number of sulfonamides is 1. The van der Waals surface area contributed by atoms with E-state index in [1.807, 2.05) is 19.2 Å². The van der Waals surface area contributed by atoms with Crippen LogP contribution in [0.1, 0.15) is 17.5 Å². The zero-order valence-corrected chi connectivity index (χ0v) is 16.4. The highest BCUT2D eigenvalue weighted by molar-refractivity contribution is 7.98. The van der Waals surface area contributed by atoms with Crippen molar-refractivity contribution in [2.75, 3.05) is 12.0 Å². The van der Waals surface area contributed by atoms with Gasteiger partial charge in [-0.2, -0.15) is 16.5 Å². The van der Waals surface area contributed by atoms with Gasteiger partial charge in [0.05, 0.1) is 4.90 Å². The molecule has 0 aliphatic heterocycles. The van der Waals surface area contributed by atoms with Gasteiger partial charge >= 0.3 is 0 Å². The van der Waals surface area contributed by atoms with E-state index in [4.69, 9.17) is 0 Å². The van der Waals surface area contributed by atoms with Crippen molar-refractivity contribution < 1.29 is 13.2 Å². The molecule has 0 fully saturated rings. The van der Waals surface area contributed by atoms with E-state index >= 15 is 0 Å². The fourth-order valence-corrected chi connectivity index (χ4v) is 3.97. The fraction of sp³-hybridized carbons (Fsp3) is 0.333. The second-order valence-corrected chi connectivity index (χ2v) is 8.55. The predicted molar refractivity (Wildman–Crippen MR) is 104 cm³/mol. The zero-order valence-electron chi connectivity index (χ0n) is 14.8. The normalized spacial score (nSPS) is 12.5. The Labute approximate surface area is 158 Å². The molecule has 0 aliphatic rings. The number of aryl methyl sites for hydroxylation is 1. The molecule has 0 aliphatic carbocycles. The molecule has 26 heavy (non-hydrogen) atoms. The van der Waals surface area contributed by atoms with E-state index in [1.54, 1.807) is 42.4 Å². The van der Waals surface area contributed by atoms with Crippen LogP contribution in [0.15, 0.2) is 53.7 Å². The number of carbonyl (C=O) groups is 1. The Morgan fingerprint density at radius 1 is 1.23 bits per heavy atom. The molecule has 1 aromatic carbocycles. The van der Waals surface area contributed by atoms with Gasteiger partial charge in [-0.1, -0.05) is 23.8 Å². The summed E-state index contributed by atoms with van der Waals surface area (Å²) in [5.74, 6) is 0.320. The smallest absolute Gasteiger partial charge is 0.241 e. The van der Waals surface area contributed by atoms with Crippen LogP contribution in [0.2, 0.25) is 0 Å². The number of hydrogen-bond donors (Lipinski definition) is 2. The Morgan fingerprint density at radius 3 is 2.58 bits per heavy atom. The van der Waals surface area contributed by atoms with Crippen molar-refractivity contribution >= 4 is 27.7 Å². The summed E-state index contributed by atoms with van der Waals surface area (Å²) < 4.78 is 27.7. The van der Waals surface area contributed by atoms with Crippen molar-refractivity contribution in [3.05, 3.63) is 59.9 Å². The molecule has 0 saturated carbocycles. The van der Waals surface area contributed by atoms with Crippen LogP contribution in [0.25, 0.3) is 0 Å². The number of hydrogen-bond acceptors (Lipinski definition) is 5. The molecule has 1 unspecified atom stereocenters. The Morgan fingerprint density at radius 2 is 1.96 bits per heavy atom. The van der Waals surface area contributed by atoms with Gasteiger partial charge < -0.3 is 5.32 Å². The first kappa shape index (κ1) is 20.4. The van der Waals surface area contributed by atoms with E-state index in [0.717, 1.165) is 11.1 Å². The molecule has 0 radical (unpaired) electrons. The average molecular weight is 394 g/mol. The minimum Gasteiger partial charge on any atom is -0.351 e. The van der Waals surface area contributed by atoms with Crippen LogP contribution in [0.3, 0.4) is 0 Å². The van der Waals surface area contributed by atoms with Crippen molar-refractivity contribution in [2.45, 2.75) is 30.8 Å². The Hall–Kier alpha value is -1.90. The standard InChI is InChI=1S/C18H23N3O3S2/c1-14-5-7-16(8-6-14)26(23,24)21-17(9-11-25-2)18(22)20-13-15-4-3-10-19-12-15/h3-8,10,12,17,21H,9,11,13H2,1-2H3,(H,20,22). The van der Waals surface area contributed by atoms with Gasteiger partial charge in [-0.05, 0) is 49.1 Å². The summed E-state index contributed by atoms with van der Waals surface area (Å²) in [5, 5.41) is 2.78. The van der Waals surface area contributed by atoms with Gasteiger partial charge in [0.15, 0.2) is 0 Å². The summed E-state index contributed by atoms with van der Waals surface area (Å²) >= 11 is 1.56. The Balaban J connectivity index is 2.07. The van der Waals surface area contributed by atoms with E-state index in [0.29, 0.717) is 18.7 Å². The molecule has 0 bridgehead atoms. The van der Waals surface area contributed by atoms with E-state index in [-0.39, 0.29) is 10.8 Å². The van der Waals surface area contributed by atoms with Gasteiger partial charge in [0.1, 0.15) is 6.04 Å². The van der Waals surface area contributed by atoms with Gasteiger partial charge in [0.2, 0.25) is 15.9 Å². The third kappa shape index (κ3) is 6.12. The maximum atomic E-state index is 12.6. The number of nitrogens with one attached hydrogen (secondary N) is 2. The lowest BCUT2D eigenvalue weighted by atomic mass is 10.2. The lowest BCUT2D eigenvalue weighted by Crippen LogP contribution is -2.46. The molecule has 1 heterocycles. The van der Waals surface area contributed by atoms with Crippen LogP contribution in [0.4, 0.5) is 0 Å². The molecule has 1 aromatic heterocycles. The number of pyridine rings is 1. The first-order valence-electron chi connectivity index (χ1n) is 8.17. The SMILES string of the molecule is CSCCC(NS(=O)(=O)c1ccc(C)cc1)C(=O)NCc1cccnc1. The molecule has 1 atom stereocenters. The van der Waals surface area contributed by atoms with Crippen LogP contribution >= 0.6 is 11.8 Å². The van der Waals surface area contributed by atoms with Crippen LogP contribution in [0, 0.1) is 6.92 Å². The summed E-state index contributed by atoms with van der Waals surface area (Å²) in [4.78, 5) is 16.7. The molecule has 6 nitrogen and oxygen atoms in total. The van der Waals surface area contributed by atoms with Gasteiger partial charge in [-0.25, -0.2) is 8.42 Å². The largest absolute Gasteiger partial charge is 0.351 e. The molecule has 2 aromatic rings. The lowest BCUT2D eigenvalue weighted by Gasteiger charge is -2.18. The van der Waals surface area contributed by atoms with Crippen LogP contribution in [-0.4, -0.2) is 37.4 Å². The molecule has 0 saturated heterocycles. The molecular formula is C18H23N3O3S2. The number of rotatable bonds is 9. The quantitative estimate of drug-likeness (QED) is 0.681. The van der Waals surface area contributed by atoms with E-state index in [9.17, 15) is 13.2 Å². The summed E-state index contributed by atoms with van der Waals surface area (Å²) in [6.07, 6.45) is 5.64. The van der Waals surface area contributed by atoms with E-state index in [1.165, 1.54) is 12.1 Å². The maximum Gasteiger partial charge on any atom is 0.241 e. The van der Waals surface area contributed by atoms with Crippen molar-refractivity contribution in [2.24, 2.45) is 0 Å². The van der Waals surface area contributed by atoms with Gasteiger partial charge in [-0.15, -0.1) is 0 Å². The summed E-state index contributed by atoms with van der Waals surface area (Å²) in [5.41, 5.74) is 1.82. The van der Waals surface area contributed by atoms with E-state index < -0.39 is 16.1 Å². The fourth-order valence-electron chi connectivity index (χ4n) is 2.27. The first-order valence-corrected chi connectivity index (χ1v) is 11.0. The van der Waals surface area contributed by atoms with Gasteiger partial charge in [0.25, 0.3) is 0 Å². The van der Waals surface area contributed by atoms with Gasteiger partial charge in [0, 0.05) is 18.9 Å². The van der Waals surface area contributed by atoms with Crippen LogP contribution in [0.5, 0.6) is 0 Å². The Bertz CT molecular complexity index is 809. The number of aromatic nitrogens is 1. The second kappa shape index (κ2) is 9.70. The molecule has 0 spiro atoms. The van der Waals surface area contributed by atoms with Crippen molar-refractivity contribution in [3.8, 4) is 0 Å². The van der Waals surface area contributed by atoms with Crippen molar-refractivity contribution in [3.63, 3.8) is 0 Å². The molecular weight excluding hydrogens is 370 g/mol. The molecule has 1 amide bonds. The second-order valence-electron chi connectivity index (χ2n) is 5.85. The number of thioether (sulfide) groups is 1. The number of nitrogens with zero attached hydrogens (tertiary/aromatic N) is 1. The zero-order chi connectivity index (χ0) is 19.0. The summed E-state index contributed by atoms with van der Waals surface area (Å²) in [7, 11) is -3.77. The highest BCUT2D eigenvalue weighted by Gasteiger charge is 2.25. The average Bonchev–Trinajstić information content (AvgIpc) is 2.64. The minimum absolute atomic E-state index is 0.150. The highest BCUT2D eigenvalue weighted by Crippen LogP contribution is 2.12. The number of carbonyl (C=O) groups excluding carboxylic acids is 1. The third-order valence-electron chi connectivity index (χ3n) is 3.75. The molecule has 2 rings (SSSR count). The topological polar surface area (TPSA) is 88.2 Å². The summed E-state index contributed by atoms with van der Waals surface area (Å²) in [6, 6.07) is 9.34. The number of amides is 1. The Kier molecular flexibility index (Phi) is 7.62. The molecule has 8 heteroatoms. The molecule has 2 N–H and O–H groups in total. The summed E-state index contributed by atoms with van der Waals surface area (Å²) in [6.45, 7) is 2.19. The van der Waals surface area contributed by atoms with E-state index in [2.05, 4.69) is 15.0 Å². The van der Waals surface area contributed by atoms with Crippen LogP contribution in [-0.2, 0) is 21.4 Å². The van der Waals surface area contributed by atoms with Crippen molar-refractivity contribution in [1.82, 2.24) is 15.0 Å². The third-order valence-corrected chi connectivity index (χ3v) is 5.88. The van der Waals surface area contributed by atoms with Gasteiger partial charge in [-0.3, -0.25) is 9.78 Å². The molecule has 140 valence electrons. The maximum absolute atomic E-state index is 12.6. The minimum atomic E-state index is -3.77. The van der Waals surface area contributed by atoms with Crippen LogP contribution < -0.4 is 10.0 Å².